The van der Waals surface area contributed by atoms with Crippen LogP contribution in [0.2, 0.25) is 5.02 Å². The van der Waals surface area contributed by atoms with E-state index in [0.717, 1.165) is 15.3 Å². The summed E-state index contributed by atoms with van der Waals surface area (Å²) in [5.41, 5.74) is -0.751. The molecule has 3 aromatic heterocycles. The summed E-state index contributed by atoms with van der Waals surface area (Å²) < 4.78 is 67.6. The van der Waals surface area contributed by atoms with E-state index in [1.165, 1.54) is 14.0 Å². The number of amides is 1. The van der Waals surface area contributed by atoms with Gasteiger partial charge in [0.1, 0.15) is 5.69 Å². The first-order valence-corrected chi connectivity index (χ1v) is 9.50. The number of carbonyl (C=O) groups is 1. The zero-order valence-electron chi connectivity index (χ0n) is 14.7. The number of nitrogens with one attached hydrogen (secondary N) is 1. The molecular formula is C15H13ClF3N5O3S. The largest absolute Gasteiger partial charge is 0.417 e. The van der Waals surface area contributed by atoms with Crippen LogP contribution in [-0.4, -0.2) is 33.5 Å². The highest BCUT2D eigenvalue weighted by Crippen LogP contribution is 2.32. The van der Waals surface area contributed by atoms with Gasteiger partial charge in [0.15, 0.2) is 10.7 Å². The molecule has 0 aliphatic rings. The first kappa shape index (κ1) is 20.1. The number of sulfonamides is 1. The number of halogens is 4. The molecule has 0 unspecified atom stereocenters. The molecule has 1 amide bonds. The molecule has 0 aliphatic heterocycles. The van der Waals surface area contributed by atoms with E-state index < -0.39 is 33.4 Å². The molecule has 0 spiro atoms. The smallest absolute Gasteiger partial charge is 0.304 e. The first-order valence-electron chi connectivity index (χ1n) is 7.64. The number of hydrogen-bond acceptors (Lipinski definition) is 5. The van der Waals surface area contributed by atoms with Crippen molar-refractivity contribution in [3.05, 3.63) is 46.0 Å². The van der Waals surface area contributed by atoms with Crippen molar-refractivity contribution < 1.29 is 26.4 Å². The van der Waals surface area contributed by atoms with Gasteiger partial charge in [-0.3, -0.25) is 9.48 Å². The summed E-state index contributed by atoms with van der Waals surface area (Å²) in [6, 6.07) is 0.671. The van der Waals surface area contributed by atoms with Crippen LogP contribution >= 0.6 is 11.6 Å². The molecule has 0 aliphatic carbocycles. The molecule has 150 valence electrons. The summed E-state index contributed by atoms with van der Waals surface area (Å²) in [5, 5.41) is 3.43. The maximum atomic E-state index is 12.9. The Labute approximate surface area is 162 Å². The summed E-state index contributed by atoms with van der Waals surface area (Å²) >= 11 is 5.81. The number of nitrogens with zero attached hydrogens (tertiary/aromatic N) is 4. The maximum absolute atomic E-state index is 12.9. The highest BCUT2D eigenvalue weighted by molar-refractivity contribution is 7.90. The zero-order chi connectivity index (χ0) is 21.0. The summed E-state index contributed by atoms with van der Waals surface area (Å²) in [6.45, 7) is 3.14. The fraction of sp³-hybridized carbons (Fsp3) is 0.267. The lowest BCUT2D eigenvalue weighted by Crippen LogP contribution is -2.32. The van der Waals surface area contributed by atoms with Gasteiger partial charge in [0, 0.05) is 25.0 Å². The van der Waals surface area contributed by atoms with E-state index in [0.29, 0.717) is 23.5 Å². The van der Waals surface area contributed by atoms with Crippen LogP contribution in [0.4, 0.5) is 13.2 Å². The second-order valence-corrected chi connectivity index (χ2v) is 8.01. The van der Waals surface area contributed by atoms with E-state index in [9.17, 15) is 26.4 Å². The number of hydrogen-bond donors (Lipinski definition) is 1. The van der Waals surface area contributed by atoms with Crippen molar-refractivity contribution in [2.24, 2.45) is 7.05 Å². The Morgan fingerprint density at radius 1 is 1.25 bits per heavy atom. The normalized spacial score (nSPS) is 12.5. The summed E-state index contributed by atoms with van der Waals surface area (Å²) in [4.78, 5) is 16.2. The Hall–Kier alpha value is -2.60. The van der Waals surface area contributed by atoms with Gasteiger partial charge >= 0.3 is 6.18 Å². The molecule has 0 radical (unpaired) electrons. The average Bonchev–Trinajstić information content (AvgIpc) is 3.08. The van der Waals surface area contributed by atoms with Crippen LogP contribution in [0.1, 0.15) is 27.3 Å². The van der Waals surface area contributed by atoms with Crippen LogP contribution < -0.4 is 4.72 Å². The quantitative estimate of drug-likeness (QED) is 0.681. The van der Waals surface area contributed by atoms with Gasteiger partial charge in [-0.1, -0.05) is 11.6 Å². The number of rotatable bonds is 3. The van der Waals surface area contributed by atoms with E-state index >= 15 is 0 Å². The van der Waals surface area contributed by atoms with Crippen molar-refractivity contribution in [2.75, 3.05) is 0 Å². The predicted molar refractivity (Wildman–Crippen MR) is 92.5 cm³/mol. The van der Waals surface area contributed by atoms with Crippen LogP contribution in [0.25, 0.3) is 5.65 Å². The molecule has 3 aromatic rings. The van der Waals surface area contributed by atoms with Crippen molar-refractivity contribution in [2.45, 2.75) is 25.0 Å². The van der Waals surface area contributed by atoms with Crippen molar-refractivity contribution >= 4 is 33.2 Å². The Bertz CT molecular complexity index is 1210. The Kier molecular flexibility index (Phi) is 4.66. The van der Waals surface area contributed by atoms with Crippen molar-refractivity contribution in [1.29, 1.82) is 0 Å². The number of alkyl halides is 3. The zero-order valence-corrected chi connectivity index (χ0v) is 16.2. The minimum absolute atomic E-state index is 0.121. The Morgan fingerprint density at radius 3 is 2.43 bits per heavy atom. The summed E-state index contributed by atoms with van der Waals surface area (Å²) in [7, 11) is -2.88. The van der Waals surface area contributed by atoms with Gasteiger partial charge < -0.3 is 4.40 Å². The van der Waals surface area contributed by atoms with Crippen LogP contribution in [0.15, 0.2) is 23.5 Å². The summed E-state index contributed by atoms with van der Waals surface area (Å²) in [5.74, 6) is -1.12. The van der Waals surface area contributed by atoms with Crippen molar-refractivity contribution in [3.63, 3.8) is 0 Å². The molecule has 28 heavy (non-hydrogen) atoms. The number of carbonyl (C=O) groups excluding carboxylic acids is 1. The van der Waals surface area contributed by atoms with Gasteiger partial charge in [-0.05, 0) is 19.9 Å². The van der Waals surface area contributed by atoms with E-state index in [1.807, 2.05) is 4.72 Å². The van der Waals surface area contributed by atoms with E-state index in [2.05, 4.69) is 10.1 Å². The second-order valence-electron chi connectivity index (χ2n) is 6.01. The molecule has 3 heterocycles. The second kappa shape index (κ2) is 6.48. The number of aromatic nitrogens is 4. The molecular weight excluding hydrogens is 423 g/mol. The fourth-order valence-corrected chi connectivity index (χ4v) is 4.30. The number of aryl methyl sites for hydroxylation is 2. The standard InChI is InChI=1S/C15H13ClF3N5O3S/c1-7-8(2)21-23(3)14(7)28(26,27)22-13(25)11-6-24-5-9(15(17,18)19)4-10(16)12(24)20-11/h4-6H,1-3H3,(H,22,25). The third-order valence-corrected chi connectivity index (χ3v) is 5.82. The molecule has 0 fully saturated rings. The SMILES string of the molecule is Cc1nn(C)c(S(=O)(=O)NC(=O)c2cn3cc(C(F)(F)F)cc(Cl)c3n2)c1C. The minimum atomic E-state index is -4.65. The van der Waals surface area contributed by atoms with Crippen molar-refractivity contribution in [3.8, 4) is 0 Å². The van der Waals surface area contributed by atoms with Gasteiger partial charge in [-0.15, -0.1) is 0 Å². The van der Waals surface area contributed by atoms with Gasteiger partial charge in [-0.2, -0.15) is 26.7 Å². The third kappa shape index (κ3) is 3.44. The molecule has 0 saturated heterocycles. The lowest BCUT2D eigenvalue weighted by molar-refractivity contribution is -0.137. The van der Waals surface area contributed by atoms with Crippen LogP contribution in [0.3, 0.4) is 0 Å². The van der Waals surface area contributed by atoms with Gasteiger partial charge in [0.25, 0.3) is 15.9 Å². The summed E-state index contributed by atoms with van der Waals surface area (Å²) in [6.07, 6.45) is -2.99. The maximum Gasteiger partial charge on any atom is 0.417 e. The van der Waals surface area contributed by atoms with Gasteiger partial charge in [-0.25, -0.2) is 9.71 Å². The average molecular weight is 436 g/mol. The topological polar surface area (TPSA) is 98.4 Å². The molecule has 8 nitrogen and oxygen atoms in total. The molecule has 0 saturated carbocycles. The molecule has 0 bridgehead atoms. The van der Waals surface area contributed by atoms with E-state index in [4.69, 9.17) is 11.6 Å². The lowest BCUT2D eigenvalue weighted by atomic mass is 10.3. The minimum Gasteiger partial charge on any atom is -0.304 e. The lowest BCUT2D eigenvalue weighted by Gasteiger charge is -2.07. The third-order valence-electron chi connectivity index (χ3n) is 4.01. The molecule has 0 atom stereocenters. The number of imidazole rings is 1. The van der Waals surface area contributed by atoms with Gasteiger partial charge in [0.2, 0.25) is 0 Å². The molecule has 3 rings (SSSR count). The first-order chi connectivity index (χ1) is 12.8. The van der Waals surface area contributed by atoms with Crippen LogP contribution in [0.5, 0.6) is 0 Å². The fourth-order valence-electron chi connectivity index (χ4n) is 2.66. The van der Waals surface area contributed by atoms with Crippen LogP contribution in [0, 0.1) is 13.8 Å². The monoisotopic (exact) mass is 435 g/mol. The number of fused-ring (bicyclic) bond motifs is 1. The predicted octanol–water partition coefficient (Wildman–Crippen LogP) is 2.48. The van der Waals surface area contributed by atoms with E-state index in [-0.39, 0.29) is 15.7 Å². The Balaban J connectivity index is 1.99. The Morgan fingerprint density at radius 2 is 1.89 bits per heavy atom. The highest BCUT2D eigenvalue weighted by Gasteiger charge is 2.32. The van der Waals surface area contributed by atoms with E-state index in [1.54, 1.807) is 6.92 Å². The van der Waals surface area contributed by atoms with Crippen LogP contribution in [-0.2, 0) is 23.2 Å². The van der Waals surface area contributed by atoms with Gasteiger partial charge in [0.05, 0.1) is 16.3 Å². The molecule has 13 heteroatoms. The van der Waals surface area contributed by atoms with Crippen molar-refractivity contribution in [1.82, 2.24) is 23.9 Å². The highest BCUT2D eigenvalue weighted by atomic mass is 35.5. The number of pyridine rings is 1. The molecule has 0 aromatic carbocycles. The molecule has 1 N–H and O–H groups in total.